The molecule has 2 fully saturated rings. The Morgan fingerprint density at radius 2 is 1.53 bits per heavy atom. The summed E-state index contributed by atoms with van der Waals surface area (Å²) in [6, 6.07) is 15.6. The number of ketones is 1. The van der Waals surface area contributed by atoms with E-state index in [1.807, 2.05) is 30.3 Å². The van der Waals surface area contributed by atoms with E-state index < -0.39 is 6.04 Å². The number of rotatable bonds is 4. The van der Waals surface area contributed by atoms with Crippen molar-refractivity contribution in [2.24, 2.45) is 0 Å². The molecule has 2 aromatic rings. The number of carbonyl (C=O) groups is 3. The summed E-state index contributed by atoms with van der Waals surface area (Å²) < 4.78 is 0. The first-order valence-electron chi connectivity index (χ1n) is 9.95. The number of carbonyl (C=O) groups excluding carboxylic acids is 3. The molecule has 4 rings (SSSR count). The molecule has 0 saturated carbocycles. The van der Waals surface area contributed by atoms with E-state index in [0.717, 1.165) is 18.8 Å². The van der Waals surface area contributed by atoms with Crippen molar-refractivity contribution < 1.29 is 14.4 Å². The average molecular weight is 402 g/mol. The number of hydrogen-bond donors (Lipinski definition) is 0. The molecule has 30 heavy (non-hydrogen) atoms. The minimum Gasteiger partial charge on any atom is -0.369 e. The van der Waals surface area contributed by atoms with E-state index in [1.54, 1.807) is 31.2 Å². The van der Waals surface area contributed by atoms with Crippen LogP contribution in [0.1, 0.15) is 29.3 Å². The fourth-order valence-electron chi connectivity index (χ4n) is 4.06. The summed E-state index contributed by atoms with van der Waals surface area (Å²) in [7, 11) is 0. The highest BCUT2D eigenvalue weighted by molar-refractivity contribution is 6.22. The van der Waals surface area contributed by atoms with E-state index in [0.29, 0.717) is 29.9 Å². The monoisotopic (exact) mass is 402 g/mol. The number of anilines is 2. The van der Waals surface area contributed by atoms with Gasteiger partial charge in [-0.1, -0.05) is 0 Å². The van der Waals surface area contributed by atoms with Gasteiger partial charge in [0.15, 0.2) is 5.78 Å². The molecule has 2 aromatic carbocycles. The molecule has 0 aromatic heterocycles. The Kier molecular flexibility index (Phi) is 5.34. The molecular formula is C23H22N4O3. The lowest BCUT2D eigenvalue weighted by Crippen LogP contribution is -2.52. The molecule has 2 aliphatic rings. The quantitative estimate of drug-likeness (QED) is 0.576. The Bertz CT molecular complexity index is 1020. The van der Waals surface area contributed by atoms with Crippen LogP contribution >= 0.6 is 0 Å². The summed E-state index contributed by atoms with van der Waals surface area (Å²) >= 11 is 0. The standard InChI is InChI=1S/C23H22N4O3/c1-16(28)18-4-8-19(9-5-18)25-10-12-26(13-11-25)21-14-22(29)27(23(21)30)20-6-2-17(15-24)3-7-20/h2-9,21H,10-14H2,1H3/t21-/m1/s1. The molecule has 0 spiro atoms. The summed E-state index contributed by atoms with van der Waals surface area (Å²) in [5, 5.41) is 8.93. The van der Waals surface area contributed by atoms with Crippen molar-refractivity contribution in [1.82, 2.24) is 4.90 Å². The molecule has 0 aliphatic carbocycles. The molecular weight excluding hydrogens is 380 g/mol. The Hall–Kier alpha value is -3.50. The summed E-state index contributed by atoms with van der Waals surface area (Å²) in [6.45, 7) is 4.40. The second-order valence-corrected chi connectivity index (χ2v) is 7.57. The topological polar surface area (TPSA) is 84.7 Å². The summed E-state index contributed by atoms with van der Waals surface area (Å²) in [5.74, 6) is -0.372. The third-order valence-electron chi connectivity index (χ3n) is 5.77. The lowest BCUT2D eigenvalue weighted by molar-refractivity contribution is -0.123. The van der Waals surface area contributed by atoms with Gasteiger partial charge in [-0.05, 0) is 55.5 Å². The van der Waals surface area contributed by atoms with E-state index >= 15 is 0 Å². The highest BCUT2D eigenvalue weighted by Crippen LogP contribution is 2.27. The first-order valence-corrected chi connectivity index (χ1v) is 9.95. The van der Waals surface area contributed by atoms with Crippen LogP contribution in [0.25, 0.3) is 0 Å². The van der Waals surface area contributed by atoms with Crippen LogP contribution in [0, 0.1) is 11.3 Å². The van der Waals surface area contributed by atoms with Gasteiger partial charge in [0, 0.05) is 37.4 Å². The number of Topliss-reactive ketones (excluding diaryl/α,β-unsaturated/α-hetero) is 1. The maximum absolute atomic E-state index is 13.0. The van der Waals surface area contributed by atoms with Gasteiger partial charge in [0.1, 0.15) is 0 Å². The summed E-state index contributed by atoms with van der Waals surface area (Å²) in [4.78, 5) is 42.5. The van der Waals surface area contributed by atoms with Crippen LogP contribution in [0.3, 0.4) is 0 Å². The number of imide groups is 1. The van der Waals surface area contributed by atoms with Crippen molar-refractivity contribution in [2.75, 3.05) is 36.0 Å². The van der Waals surface area contributed by atoms with Gasteiger partial charge in [0.2, 0.25) is 5.91 Å². The van der Waals surface area contributed by atoms with Crippen molar-refractivity contribution in [3.8, 4) is 6.07 Å². The first kappa shape index (κ1) is 19.8. The zero-order chi connectivity index (χ0) is 21.3. The van der Waals surface area contributed by atoms with E-state index in [4.69, 9.17) is 5.26 Å². The van der Waals surface area contributed by atoms with Gasteiger partial charge in [0.25, 0.3) is 5.91 Å². The predicted octanol–water partition coefficient (Wildman–Crippen LogP) is 2.21. The van der Waals surface area contributed by atoms with Gasteiger partial charge in [0.05, 0.1) is 29.8 Å². The SMILES string of the molecule is CC(=O)c1ccc(N2CCN([C@@H]3CC(=O)N(c4ccc(C#N)cc4)C3=O)CC2)cc1. The van der Waals surface area contributed by atoms with Crippen molar-refractivity contribution in [1.29, 1.82) is 5.26 Å². The van der Waals surface area contributed by atoms with Crippen LogP contribution in [-0.4, -0.2) is 54.7 Å². The van der Waals surface area contributed by atoms with Gasteiger partial charge in [-0.25, -0.2) is 4.90 Å². The summed E-state index contributed by atoms with van der Waals surface area (Å²) in [5.41, 5.74) is 2.74. The number of nitriles is 1. The van der Waals surface area contributed by atoms with Crippen LogP contribution in [0.4, 0.5) is 11.4 Å². The normalized spacial score (nSPS) is 19.8. The molecule has 2 heterocycles. The second-order valence-electron chi connectivity index (χ2n) is 7.57. The van der Waals surface area contributed by atoms with E-state index in [-0.39, 0.29) is 24.0 Å². The van der Waals surface area contributed by atoms with Crippen LogP contribution < -0.4 is 9.80 Å². The third kappa shape index (κ3) is 3.70. The molecule has 1 atom stereocenters. The smallest absolute Gasteiger partial charge is 0.251 e. The molecule has 0 bridgehead atoms. The molecule has 2 aliphatic heterocycles. The minimum absolute atomic E-state index is 0.0441. The zero-order valence-electron chi connectivity index (χ0n) is 16.7. The first-order chi connectivity index (χ1) is 14.5. The maximum Gasteiger partial charge on any atom is 0.251 e. The summed E-state index contributed by atoms with van der Waals surface area (Å²) in [6.07, 6.45) is 0.173. The van der Waals surface area contributed by atoms with Crippen molar-refractivity contribution in [3.05, 3.63) is 59.7 Å². The van der Waals surface area contributed by atoms with Crippen molar-refractivity contribution >= 4 is 29.0 Å². The molecule has 7 nitrogen and oxygen atoms in total. The van der Waals surface area contributed by atoms with E-state index in [1.165, 1.54) is 4.90 Å². The average Bonchev–Trinajstić information content (AvgIpc) is 3.08. The Morgan fingerprint density at radius 1 is 0.933 bits per heavy atom. The van der Waals surface area contributed by atoms with Crippen LogP contribution in [-0.2, 0) is 9.59 Å². The highest BCUT2D eigenvalue weighted by atomic mass is 16.2. The second kappa shape index (κ2) is 8.09. The number of nitrogens with zero attached hydrogens (tertiary/aromatic N) is 4. The van der Waals surface area contributed by atoms with E-state index in [9.17, 15) is 14.4 Å². The number of piperazine rings is 1. The molecule has 0 unspecified atom stereocenters. The highest BCUT2D eigenvalue weighted by Gasteiger charge is 2.43. The largest absolute Gasteiger partial charge is 0.369 e. The maximum atomic E-state index is 13.0. The Morgan fingerprint density at radius 3 is 2.10 bits per heavy atom. The van der Waals surface area contributed by atoms with Gasteiger partial charge in [-0.15, -0.1) is 0 Å². The molecule has 152 valence electrons. The van der Waals surface area contributed by atoms with Gasteiger partial charge >= 0.3 is 0 Å². The lowest BCUT2D eigenvalue weighted by Gasteiger charge is -2.38. The lowest BCUT2D eigenvalue weighted by atomic mass is 10.1. The van der Waals surface area contributed by atoms with Gasteiger partial charge in [-0.3, -0.25) is 19.3 Å². The van der Waals surface area contributed by atoms with Crippen LogP contribution in [0.2, 0.25) is 0 Å². The zero-order valence-corrected chi connectivity index (χ0v) is 16.7. The Balaban J connectivity index is 1.41. The van der Waals surface area contributed by atoms with Gasteiger partial charge in [-0.2, -0.15) is 5.26 Å². The number of amides is 2. The van der Waals surface area contributed by atoms with E-state index in [2.05, 4.69) is 9.80 Å². The van der Waals surface area contributed by atoms with Crippen molar-refractivity contribution in [2.45, 2.75) is 19.4 Å². The molecule has 2 saturated heterocycles. The predicted molar refractivity (Wildman–Crippen MR) is 112 cm³/mol. The minimum atomic E-state index is -0.449. The van der Waals surface area contributed by atoms with Crippen LogP contribution in [0.5, 0.6) is 0 Å². The molecule has 0 N–H and O–H groups in total. The van der Waals surface area contributed by atoms with Crippen LogP contribution in [0.15, 0.2) is 48.5 Å². The fourth-order valence-corrected chi connectivity index (χ4v) is 4.06. The van der Waals surface area contributed by atoms with Gasteiger partial charge < -0.3 is 4.90 Å². The van der Waals surface area contributed by atoms with Crippen molar-refractivity contribution in [3.63, 3.8) is 0 Å². The third-order valence-corrected chi connectivity index (χ3v) is 5.77. The number of hydrogen-bond acceptors (Lipinski definition) is 6. The Labute approximate surface area is 175 Å². The molecule has 2 amide bonds. The number of benzene rings is 2. The fraction of sp³-hybridized carbons (Fsp3) is 0.304. The molecule has 7 heteroatoms. The molecule has 0 radical (unpaired) electrons.